The maximum Gasteiger partial charge on any atom is 0.208 e. The summed E-state index contributed by atoms with van der Waals surface area (Å²) < 4.78 is 10.8. The average Bonchev–Trinajstić information content (AvgIpc) is 3.03. The van der Waals surface area contributed by atoms with Gasteiger partial charge in [0.2, 0.25) is 5.89 Å². The average molecular weight is 243 g/mol. The number of hydrogen-bond acceptors (Lipinski definition) is 4. The van der Waals surface area contributed by atoms with E-state index in [2.05, 4.69) is 9.97 Å². The first-order chi connectivity index (χ1) is 8.81. The molecule has 0 amide bonds. The maximum absolute atomic E-state index is 5.51. The molecule has 0 fully saturated rings. The molecule has 0 atom stereocenters. The van der Waals surface area contributed by atoms with Gasteiger partial charge in [0.05, 0.1) is 31.1 Å². The van der Waals surface area contributed by atoms with Gasteiger partial charge in [-0.25, -0.2) is 4.98 Å². The lowest BCUT2D eigenvalue weighted by Gasteiger charge is -1.99. The topological polar surface area (TPSA) is 77.1 Å². The predicted molar refractivity (Wildman–Crippen MR) is 68.2 cm³/mol. The number of nitrogens with two attached hydrogens (primary N) is 1. The quantitative estimate of drug-likeness (QED) is 0.739. The third kappa shape index (κ3) is 1.65. The van der Waals surface area contributed by atoms with Crippen LogP contribution < -0.4 is 10.5 Å². The molecule has 0 aliphatic heterocycles. The van der Waals surface area contributed by atoms with Gasteiger partial charge in [0.1, 0.15) is 5.75 Å². The van der Waals surface area contributed by atoms with Crippen molar-refractivity contribution in [2.45, 2.75) is 6.54 Å². The number of nitrogens with zero attached hydrogens (tertiary/aromatic N) is 1. The summed E-state index contributed by atoms with van der Waals surface area (Å²) in [5.41, 5.74) is 7.28. The summed E-state index contributed by atoms with van der Waals surface area (Å²) in [6.07, 6.45) is 1.67. The molecule has 5 heteroatoms. The molecular weight excluding hydrogens is 230 g/mol. The SMILES string of the molecule is COc1cccc2cc(-c3cnc(CN)o3)[nH]c12. The van der Waals surface area contributed by atoms with Gasteiger partial charge in [-0.05, 0) is 12.1 Å². The van der Waals surface area contributed by atoms with Crippen LogP contribution in [0.3, 0.4) is 0 Å². The molecule has 18 heavy (non-hydrogen) atoms. The van der Waals surface area contributed by atoms with Crippen LogP contribution in [-0.4, -0.2) is 17.1 Å². The highest BCUT2D eigenvalue weighted by molar-refractivity contribution is 5.89. The molecule has 0 saturated heterocycles. The van der Waals surface area contributed by atoms with Crippen LogP contribution in [-0.2, 0) is 6.54 Å². The van der Waals surface area contributed by atoms with Gasteiger partial charge >= 0.3 is 0 Å². The Morgan fingerprint density at radius 1 is 1.44 bits per heavy atom. The number of H-pyrrole nitrogens is 1. The highest BCUT2D eigenvalue weighted by Gasteiger charge is 2.10. The Morgan fingerprint density at radius 3 is 3.06 bits per heavy atom. The second kappa shape index (κ2) is 4.19. The molecule has 0 radical (unpaired) electrons. The summed E-state index contributed by atoms with van der Waals surface area (Å²) in [4.78, 5) is 7.35. The van der Waals surface area contributed by atoms with Crippen LogP contribution in [0, 0.1) is 0 Å². The van der Waals surface area contributed by atoms with E-state index in [-0.39, 0.29) is 0 Å². The Labute approximate surface area is 104 Å². The summed E-state index contributed by atoms with van der Waals surface area (Å²) in [5.74, 6) is 2.00. The van der Waals surface area contributed by atoms with Crippen molar-refractivity contribution < 1.29 is 9.15 Å². The van der Waals surface area contributed by atoms with Crippen molar-refractivity contribution in [3.8, 4) is 17.2 Å². The monoisotopic (exact) mass is 243 g/mol. The van der Waals surface area contributed by atoms with E-state index in [0.717, 1.165) is 22.3 Å². The number of oxazole rings is 1. The summed E-state index contributed by atoms with van der Waals surface area (Å²) in [6, 6.07) is 7.87. The molecule has 2 aromatic heterocycles. The zero-order valence-corrected chi connectivity index (χ0v) is 9.93. The number of aromatic amines is 1. The zero-order valence-electron chi connectivity index (χ0n) is 9.93. The molecule has 3 N–H and O–H groups in total. The second-order valence-corrected chi connectivity index (χ2v) is 3.93. The molecule has 0 saturated carbocycles. The largest absolute Gasteiger partial charge is 0.495 e. The lowest BCUT2D eigenvalue weighted by atomic mass is 10.2. The standard InChI is InChI=1S/C13H13N3O2/c1-17-10-4-2-3-8-5-9(16-13(8)10)11-7-15-12(6-14)18-11/h2-5,7,16H,6,14H2,1H3. The van der Waals surface area contributed by atoms with E-state index in [9.17, 15) is 0 Å². The van der Waals surface area contributed by atoms with Crippen LogP contribution >= 0.6 is 0 Å². The molecule has 0 spiro atoms. The predicted octanol–water partition coefficient (Wildman–Crippen LogP) is 2.29. The van der Waals surface area contributed by atoms with Gasteiger partial charge in [-0.3, -0.25) is 0 Å². The molecule has 2 heterocycles. The fourth-order valence-corrected chi connectivity index (χ4v) is 1.96. The lowest BCUT2D eigenvalue weighted by molar-refractivity contribution is 0.419. The second-order valence-electron chi connectivity index (χ2n) is 3.93. The Hall–Kier alpha value is -2.27. The summed E-state index contributed by atoms with van der Waals surface area (Å²) in [5, 5.41) is 1.06. The van der Waals surface area contributed by atoms with Crippen molar-refractivity contribution in [3.05, 3.63) is 36.4 Å². The maximum atomic E-state index is 5.51. The smallest absolute Gasteiger partial charge is 0.208 e. The molecule has 1 aromatic carbocycles. The third-order valence-electron chi connectivity index (χ3n) is 2.83. The van der Waals surface area contributed by atoms with E-state index < -0.39 is 0 Å². The number of ether oxygens (including phenoxy) is 1. The van der Waals surface area contributed by atoms with Crippen molar-refractivity contribution in [2.75, 3.05) is 7.11 Å². The van der Waals surface area contributed by atoms with Crippen LogP contribution in [0.15, 0.2) is 34.9 Å². The van der Waals surface area contributed by atoms with Gasteiger partial charge in [0.15, 0.2) is 5.76 Å². The molecule has 3 rings (SSSR count). The Kier molecular flexibility index (Phi) is 2.53. The first-order valence-corrected chi connectivity index (χ1v) is 5.62. The molecule has 92 valence electrons. The van der Waals surface area contributed by atoms with Gasteiger partial charge in [-0.1, -0.05) is 12.1 Å². The number of hydrogen-bond donors (Lipinski definition) is 2. The Balaban J connectivity index is 2.13. The normalized spacial score (nSPS) is 11.0. The summed E-state index contributed by atoms with van der Waals surface area (Å²) in [7, 11) is 1.65. The first kappa shape index (κ1) is 10.9. The van der Waals surface area contributed by atoms with Crippen LogP contribution in [0.5, 0.6) is 5.75 Å². The molecule has 0 bridgehead atoms. The number of benzene rings is 1. The molecule has 0 aliphatic rings. The molecular formula is C13H13N3O2. The summed E-state index contributed by atoms with van der Waals surface area (Å²) in [6.45, 7) is 0.295. The van der Waals surface area contributed by atoms with E-state index in [1.165, 1.54) is 0 Å². The minimum Gasteiger partial charge on any atom is -0.495 e. The number of para-hydroxylation sites is 1. The van der Waals surface area contributed by atoms with Crippen LogP contribution in [0.2, 0.25) is 0 Å². The minimum atomic E-state index is 0.295. The minimum absolute atomic E-state index is 0.295. The Bertz CT molecular complexity index is 684. The zero-order chi connectivity index (χ0) is 12.5. The molecule has 0 unspecified atom stereocenters. The summed E-state index contributed by atoms with van der Waals surface area (Å²) >= 11 is 0. The fraction of sp³-hybridized carbons (Fsp3) is 0.154. The van der Waals surface area contributed by atoms with Gasteiger partial charge in [-0.15, -0.1) is 0 Å². The van der Waals surface area contributed by atoms with E-state index in [1.807, 2.05) is 24.3 Å². The number of fused-ring (bicyclic) bond motifs is 1. The third-order valence-corrected chi connectivity index (χ3v) is 2.83. The van der Waals surface area contributed by atoms with E-state index >= 15 is 0 Å². The number of nitrogens with one attached hydrogen (secondary N) is 1. The van der Waals surface area contributed by atoms with Crippen LogP contribution in [0.4, 0.5) is 0 Å². The van der Waals surface area contributed by atoms with Crippen molar-refractivity contribution in [3.63, 3.8) is 0 Å². The number of methoxy groups -OCH3 is 1. The van der Waals surface area contributed by atoms with Crippen molar-refractivity contribution in [1.29, 1.82) is 0 Å². The molecule has 5 nitrogen and oxygen atoms in total. The highest BCUT2D eigenvalue weighted by Crippen LogP contribution is 2.30. The number of rotatable bonds is 3. The van der Waals surface area contributed by atoms with Crippen molar-refractivity contribution >= 4 is 10.9 Å². The van der Waals surface area contributed by atoms with Gasteiger partial charge in [0.25, 0.3) is 0 Å². The fourth-order valence-electron chi connectivity index (χ4n) is 1.96. The van der Waals surface area contributed by atoms with Crippen molar-refractivity contribution in [1.82, 2.24) is 9.97 Å². The van der Waals surface area contributed by atoms with Crippen LogP contribution in [0.1, 0.15) is 5.89 Å². The highest BCUT2D eigenvalue weighted by atomic mass is 16.5. The van der Waals surface area contributed by atoms with E-state index in [1.54, 1.807) is 13.3 Å². The van der Waals surface area contributed by atoms with E-state index in [4.69, 9.17) is 14.9 Å². The van der Waals surface area contributed by atoms with E-state index in [0.29, 0.717) is 18.2 Å². The van der Waals surface area contributed by atoms with Crippen LogP contribution in [0.25, 0.3) is 22.4 Å². The lowest BCUT2D eigenvalue weighted by Crippen LogP contribution is -1.94. The van der Waals surface area contributed by atoms with Gasteiger partial charge in [-0.2, -0.15) is 0 Å². The van der Waals surface area contributed by atoms with Gasteiger partial charge < -0.3 is 19.9 Å². The Morgan fingerprint density at radius 2 is 2.33 bits per heavy atom. The van der Waals surface area contributed by atoms with Crippen molar-refractivity contribution in [2.24, 2.45) is 5.73 Å². The number of aromatic nitrogens is 2. The first-order valence-electron chi connectivity index (χ1n) is 5.62. The molecule has 0 aliphatic carbocycles. The molecule has 3 aromatic rings. The van der Waals surface area contributed by atoms with Gasteiger partial charge in [0, 0.05) is 5.39 Å².